The molecule has 0 aromatic rings. The molecule has 0 amide bonds. The SMILES string of the molecule is CC(CN(C)S(=O)(=O)C(C)C(F)(F)F)C(=O)O. The molecule has 0 aliphatic carbocycles. The molecule has 0 fully saturated rings. The number of sulfonamides is 1. The Morgan fingerprint density at radius 2 is 1.76 bits per heavy atom. The summed E-state index contributed by atoms with van der Waals surface area (Å²) in [7, 11) is -3.65. The number of hydrogen-bond donors (Lipinski definition) is 1. The van der Waals surface area contributed by atoms with Crippen LogP contribution in [0.3, 0.4) is 0 Å². The Kier molecular flexibility index (Phi) is 4.96. The first-order chi connectivity index (χ1) is 7.40. The largest absolute Gasteiger partial charge is 0.481 e. The fraction of sp³-hybridized carbons (Fsp3) is 0.875. The zero-order chi connectivity index (χ0) is 14.0. The van der Waals surface area contributed by atoms with E-state index in [0.29, 0.717) is 11.2 Å². The highest BCUT2D eigenvalue weighted by molar-refractivity contribution is 7.89. The van der Waals surface area contributed by atoms with E-state index in [-0.39, 0.29) is 0 Å². The van der Waals surface area contributed by atoms with Gasteiger partial charge in [0, 0.05) is 13.6 Å². The van der Waals surface area contributed by atoms with E-state index in [4.69, 9.17) is 5.11 Å². The molecule has 0 aromatic heterocycles. The quantitative estimate of drug-likeness (QED) is 0.811. The van der Waals surface area contributed by atoms with Crippen molar-refractivity contribution in [1.29, 1.82) is 0 Å². The van der Waals surface area contributed by atoms with Crippen LogP contribution in [0.2, 0.25) is 0 Å². The van der Waals surface area contributed by atoms with Crippen molar-refractivity contribution in [3.05, 3.63) is 0 Å². The van der Waals surface area contributed by atoms with Crippen LogP contribution in [0.25, 0.3) is 0 Å². The fourth-order valence-electron chi connectivity index (χ4n) is 1.01. The number of alkyl halides is 3. The third kappa shape index (κ3) is 4.15. The molecule has 0 aliphatic rings. The monoisotopic (exact) mass is 277 g/mol. The summed E-state index contributed by atoms with van der Waals surface area (Å²) in [6, 6.07) is 0. The van der Waals surface area contributed by atoms with Gasteiger partial charge in [0.05, 0.1) is 5.92 Å². The van der Waals surface area contributed by atoms with Crippen LogP contribution in [0.1, 0.15) is 13.8 Å². The highest BCUT2D eigenvalue weighted by atomic mass is 32.2. The van der Waals surface area contributed by atoms with Gasteiger partial charge in [-0.25, -0.2) is 12.7 Å². The van der Waals surface area contributed by atoms with Crippen molar-refractivity contribution in [3.8, 4) is 0 Å². The number of carboxylic acids is 1. The summed E-state index contributed by atoms with van der Waals surface area (Å²) < 4.78 is 60.2. The van der Waals surface area contributed by atoms with Gasteiger partial charge in [0.25, 0.3) is 0 Å². The molecule has 0 radical (unpaired) electrons. The van der Waals surface area contributed by atoms with Crippen LogP contribution in [0.4, 0.5) is 13.2 Å². The first-order valence-electron chi connectivity index (χ1n) is 4.65. The highest BCUT2D eigenvalue weighted by Gasteiger charge is 2.47. The summed E-state index contributed by atoms with van der Waals surface area (Å²) in [6.07, 6.45) is -4.88. The molecular weight excluding hydrogens is 263 g/mol. The summed E-state index contributed by atoms with van der Waals surface area (Å²) in [4.78, 5) is 10.5. The minimum Gasteiger partial charge on any atom is -0.481 e. The zero-order valence-electron chi connectivity index (χ0n) is 9.52. The predicted octanol–water partition coefficient (Wildman–Crippen LogP) is 0.920. The normalized spacial score (nSPS) is 16.9. The van der Waals surface area contributed by atoms with Gasteiger partial charge in [-0.2, -0.15) is 13.2 Å². The van der Waals surface area contributed by atoms with Gasteiger partial charge in [0.15, 0.2) is 5.25 Å². The number of hydrogen-bond acceptors (Lipinski definition) is 3. The minimum absolute atomic E-state index is 0.421. The van der Waals surface area contributed by atoms with E-state index in [9.17, 15) is 26.4 Å². The second kappa shape index (κ2) is 5.21. The van der Waals surface area contributed by atoms with Crippen LogP contribution in [0, 0.1) is 5.92 Å². The Labute approximate surface area is 97.3 Å². The van der Waals surface area contributed by atoms with Crippen LogP contribution in [-0.2, 0) is 14.8 Å². The number of nitrogens with zero attached hydrogens (tertiary/aromatic N) is 1. The average Bonchev–Trinajstić information content (AvgIpc) is 2.14. The van der Waals surface area contributed by atoms with E-state index in [2.05, 4.69) is 0 Å². The maximum atomic E-state index is 12.3. The van der Waals surface area contributed by atoms with Crippen molar-refractivity contribution in [3.63, 3.8) is 0 Å². The third-order valence-corrected chi connectivity index (χ3v) is 4.47. The van der Waals surface area contributed by atoms with Gasteiger partial charge in [-0.05, 0) is 6.92 Å². The first-order valence-corrected chi connectivity index (χ1v) is 6.15. The summed E-state index contributed by atoms with van der Waals surface area (Å²) in [5, 5.41) is 6.00. The molecule has 0 saturated carbocycles. The molecule has 102 valence electrons. The van der Waals surface area contributed by atoms with Crippen molar-refractivity contribution < 1.29 is 31.5 Å². The van der Waals surface area contributed by atoms with Gasteiger partial charge in [0.2, 0.25) is 10.0 Å². The van der Waals surface area contributed by atoms with Crippen molar-refractivity contribution in [2.45, 2.75) is 25.3 Å². The van der Waals surface area contributed by atoms with Crippen LogP contribution in [0.15, 0.2) is 0 Å². The summed E-state index contributed by atoms with van der Waals surface area (Å²) in [6.45, 7) is 1.24. The van der Waals surface area contributed by atoms with E-state index < -0.39 is 39.9 Å². The Hall–Kier alpha value is -0.830. The van der Waals surface area contributed by atoms with Gasteiger partial charge >= 0.3 is 12.1 Å². The summed E-state index contributed by atoms with van der Waals surface area (Å²) in [5.74, 6) is -2.35. The average molecular weight is 277 g/mol. The lowest BCUT2D eigenvalue weighted by atomic mass is 10.2. The van der Waals surface area contributed by atoms with Crippen molar-refractivity contribution in [1.82, 2.24) is 4.31 Å². The number of aliphatic carboxylic acids is 1. The predicted molar refractivity (Wildman–Crippen MR) is 53.9 cm³/mol. The number of halogens is 3. The number of rotatable bonds is 5. The van der Waals surface area contributed by atoms with E-state index in [0.717, 1.165) is 7.05 Å². The topological polar surface area (TPSA) is 74.7 Å². The Bertz CT molecular complexity index is 379. The molecule has 0 bridgehead atoms. The highest BCUT2D eigenvalue weighted by Crippen LogP contribution is 2.27. The first kappa shape index (κ1) is 16.2. The van der Waals surface area contributed by atoms with Gasteiger partial charge in [-0.1, -0.05) is 6.92 Å². The molecule has 0 saturated heterocycles. The molecule has 0 heterocycles. The smallest absolute Gasteiger partial charge is 0.406 e. The maximum Gasteiger partial charge on any atom is 0.406 e. The number of carboxylic acid groups (broad SMARTS) is 1. The van der Waals surface area contributed by atoms with Crippen molar-refractivity contribution >= 4 is 16.0 Å². The Morgan fingerprint density at radius 1 is 1.35 bits per heavy atom. The molecule has 2 unspecified atom stereocenters. The summed E-state index contributed by atoms with van der Waals surface area (Å²) >= 11 is 0. The van der Waals surface area contributed by atoms with Gasteiger partial charge < -0.3 is 5.11 Å². The number of carbonyl (C=O) groups is 1. The maximum absolute atomic E-state index is 12.3. The van der Waals surface area contributed by atoms with E-state index in [1.165, 1.54) is 6.92 Å². The molecule has 1 N–H and O–H groups in total. The van der Waals surface area contributed by atoms with Gasteiger partial charge in [-0.3, -0.25) is 4.79 Å². The zero-order valence-corrected chi connectivity index (χ0v) is 10.3. The van der Waals surface area contributed by atoms with Crippen LogP contribution in [0.5, 0.6) is 0 Å². The standard InChI is InChI=1S/C8H14F3NO4S/c1-5(7(13)14)4-12(3)17(15,16)6(2)8(9,10)11/h5-6H,4H2,1-3H3,(H,13,14). The Balaban J connectivity index is 4.91. The van der Waals surface area contributed by atoms with Crippen LogP contribution >= 0.6 is 0 Å². The second-order valence-corrected chi connectivity index (χ2v) is 6.11. The van der Waals surface area contributed by atoms with Gasteiger partial charge in [-0.15, -0.1) is 0 Å². The van der Waals surface area contributed by atoms with E-state index in [1.807, 2.05) is 0 Å². The lowest BCUT2D eigenvalue weighted by Gasteiger charge is -2.24. The molecule has 0 aliphatic heterocycles. The lowest BCUT2D eigenvalue weighted by Crippen LogP contribution is -2.44. The molecule has 0 rings (SSSR count). The summed E-state index contributed by atoms with van der Waals surface area (Å²) in [5.41, 5.74) is 0. The molecule has 5 nitrogen and oxygen atoms in total. The van der Waals surface area contributed by atoms with Crippen molar-refractivity contribution in [2.24, 2.45) is 5.92 Å². The molecule has 0 spiro atoms. The fourth-order valence-corrected chi connectivity index (χ4v) is 2.32. The van der Waals surface area contributed by atoms with Gasteiger partial charge in [0.1, 0.15) is 0 Å². The molecule has 2 atom stereocenters. The van der Waals surface area contributed by atoms with E-state index in [1.54, 1.807) is 0 Å². The lowest BCUT2D eigenvalue weighted by molar-refractivity contribution is -0.141. The molecule has 0 aromatic carbocycles. The van der Waals surface area contributed by atoms with Crippen molar-refractivity contribution in [2.75, 3.05) is 13.6 Å². The minimum atomic E-state index is -4.88. The third-order valence-electron chi connectivity index (χ3n) is 2.29. The molecular formula is C8H14F3NO4S. The van der Waals surface area contributed by atoms with Crippen LogP contribution < -0.4 is 0 Å². The molecule has 9 heteroatoms. The Morgan fingerprint density at radius 3 is 2.06 bits per heavy atom. The van der Waals surface area contributed by atoms with E-state index >= 15 is 0 Å². The second-order valence-electron chi connectivity index (χ2n) is 3.75. The van der Waals surface area contributed by atoms with Crippen LogP contribution in [-0.4, -0.2) is 48.8 Å². The molecule has 17 heavy (non-hydrogen) atoms.